The maximum absolute atomic E-state index is 11.5. The van der Waals surface area contributed by atoms with E-state index in [0.29, 0.717) is 27.4 Å². The molecule has 1 heterocycles. The van der Waals surface area contributed by atoms with Crippen LogP contribution in [0, 0.1) is 0 Å². The van der Waals surface area contributed by atoms with Gasteiger partial charge < -0.3 is 15.0 Å². The molecule has 1 amide bonds. The molecule has 0 aliphatic rings. The maximum Gasteiger partial charge on any atom is 0.284 e. The van der Waals surface area contributed by atoms with Gasteiger partial charge in [-0.3, -0.25) is 4.79 Å². The van der Waals surface area contributed by atoms with Crippen molar-refractivity contribution in [3.05, 3.63) is 44.9 Å². The third-order valence-corrected chi connectivity index (χ3v) is 3.97. The SMILES string of the molecule is CCCc1cnc(C(N)=O)n1CCOc1c(Cl)cc(Cl)cc1Cl. The van der Waals surface area contributed by atoms with Gasteiger partial charge in [-0.2, -0.15) is 0 Å². The molecule has 2 rings (SSSR count). The zero-order valence-corrected chi connectivity index (χ0v) is 14.8. The highest BCUT2D eigenvalue weighted by Crippen LogP contribution is 2.35. The van der Waals surface area contributed by atoms with Crippen molar-refractivity contribution in [1.82, 2.24) is 9.55 Å². The Labute approximate surface area is 149 Å². The summed E-state index contributed by atoms with van der Waals surface area (Å²) in [6, 6.07) is 3.11. The Hall–Kier alpha value is -1.43. The molecule has 0 aliphatic carbocycles. The molecular weight excluding hydrogens is 361 g/mol. The van der Waals surface area contributed by atoms with Gasteiger partial charge in [0.2, 0.25) is 0 Å². The number of ether oxygens (including phenoxy) is 1. The van der Waals surface area contributed by atoms with Gasteiger partial charge in [0.25, 0.3) is 5.91 Å². The number of hydrogen-bond donors (Lipinski definition) is 1. The molecule has 2 aromatic rings. The minimum atomic E-state index is -0.574. The van der Waals surface area contributed by atoms with E-state index in [1.54, 1.807) is 22.9 Å². The lowest BCUT2D eigenvalue weighted by Gasteiger charge is -2.13. The van der Waals surface area contributed by atoms with Crippen molar-refractivity contribution in [2.45, 2.75) is 26.3 Å². The molecule has 0 saturated heterocycles. The fourth-order valence-corrected chi connectivity index (χ4v) is 3.14. The van der Waals surface area contributed by atoms with Crippen molar-refractivity contribution in [2.75, 3.05) is 6.61 Å². The molecule has 0 spiro atoms. The molecule has 0 radical (unpaired) electrons. The molecule has 0 saturated carbocycles. The first-order valence-corrected chi connectivity index (χ1v) is 8.19. The van der Waals surface area contributed by atoms with Gasteiger partial charge in [-0.05, 0) is 18.6 Å². The summed E-state index contributed by atoms with van der Waals surface area (Å²) >= 11 is 18.0. The number of primary amides is 1. The number of benzene rings is 1. The summed E-state index contributed by atoms with van der Waals surface area (Å²) in [7, 11) is 0. The summed E-state index contributed by atoms with van der Waals surface area (Å²) in [6.07, 6.45) is 3.38. The second kappa shape index (κ2) is 7.90. The average Bonchev–Trinajstić information content (AvgIpc) is 2.85. The van der Waals surface area contributed by atoms with E-state index in [4.69, 9.17) is 45.3 Å². The Morgan fingerprint density at radius 2 is 1.96 bits per heavy atom. The number of carbonyl (C=O) groups excluding carboxylic acids is 1. The van der Waals surface area contributed by atoms with E-state index in [1.165, 1.54) is 0 Å². The van der Waals surface area contributed by atoms with Crippen molar-refractivity contribution in [2.24, 2.45) is 5.73 Å². The fraction of sp³-hybridized carbons (Fsp3) is 0.333. The second-order valence-corrected chi connectivity index (χ2v) is 6.14. The third kappa shape index (κ3) is 4.31. The number of carbonyl (C=O) groups is 1. The van der Waals surface area contributed by atoms with E-state index >= 15 is 0 Å². The van der Waals surface area contributed by atoms with Crippen molar-refractivity contribution in [1.29, 1.82) is 0 Å². The van der Waals surface area contributed by atoms with Gasteiger partial charge >= 0.3 is 0 Å². The van der Waals surface area contributed by atoms with Crippen LogP contribution < -0.4 is 10.5 Å². The lowest BCUT2D eigenvalue weighted by Crippen LogP contribution is -2.21. The lowest BCUT2D eigenvalue weighted by molar-refractivity contribution is 0.0985. The Kier molecular flexibility index (Phi) is 6.16. The van der Waals surface area contributed by atoms with Crippen molar-refractivity contribution >= 4 is 40.7 Å². The van der Waals surface area contributed by atoms with E-state index in [0.717, 1.165) is 18.5 Å². The van der Waals surface area contributed by atoms with Crippen LogP contribution in [0.2, 0.25) is 15.1 Å². The molecule has 0 atom stereocenters. The number of aromatic nitrogens is 2. The Morgan fingerprint density at radius 3 is 2.52 bits per heavy atom. The molecule has 1 aromatic heterocycles. The molecule has 0 fully saturated rings. The molecule has 8 heteroatoms. The average molecular weight is 377 g/mol. The molecular formula is C15H16Cl3N3O2. The first-order valence-electron chi connectivity index (χ1n) is 7.05. The van der Waals surface area contributed by atoms with Crippen LogP contribution in [0.5, 0.6) is 5.75 Å². The number of rotatable bonds is 7. The van der Waals surface area contributed by atoms with Crippen LogP contribution in [0.25, 0.3) is 0 Å². The molecule has 5 nitrogen and oxygen atoms in total. The van der Waals surface area contributed by atoms with Crippen LogP contribution in [0.1, 0.15) is 29.7 Å². The molecule has 124 valence electrons. The summed E-state index contributed by atoms with van der Waals surface area (Å²) in [5.74, 6) is -0.00391. The fourth-order valence-electron chi connectivity index (χ4n) is 2.22. The lowest BCUT2D eigenvalue weighted by atomic mass is 10.2. The van der Waals surface area contributed by atoms with E-state index in [1.807, 2.05) is 6.92 Å². The Balaban J connectivity index is 2.12. The van der Waals surface area contributed by atoms with Crippen LogP contribution in [0.4, 0.5) is 0 Å². The van der Waals surface area contributed by atoms with Crippen molar-refractivity contribution in [3.63, 3.8) is 0 Å². The normalized spacial score (nSPS) is 10.8. The summed E-state index contributed by atoms with van der Waals surface area (Å²) < 4.78 is 7.39. The van der Waals surface area contributed by atoms with E-state index < -0.39 is 5.91 Å². The number of nitrogens with two attached hydrogens (primary N) is 1. The van der Waals surface area contributed by atoms with E-state index in [-0.39, 0.29) is 12.4 Å². The quantitative estimate of drug-likeness (QED) is 0.794. The number of nitrogens with zero attached hydrogens (tertiary/aromatic N) is 2. The topological polar surface area (TPSA) is 70.1 Å². The summed E-state index contributed by atoms with van der Waals surface area (Å²) in [5, 5.41) is 1.09. The summed E-state index contributed by atoms with van der Waals surface area (Å²) in [4.78, 5) is 15.5. The predicted molar refractivity (Wildman–Crippen MR) is 91.7 cm³/mol. The molecule has 2 N–H and O–H groups in total. The maximum atomic E-state index is 11.5. The predicted octanol–water partition coefficient (Wildman–Crippen LogP) is 3.97. The number of hydrogen-bond acceptors (Lipinski definition) is 3. The monoisotopic (exact) mass is 375 g/mol. The van der Waals surface area contributed by atoms with Gasteiger partial charge in [0.15, 0.2) is 11.6 Å². The highest BCUT2D eigenvalue weighted by atomic mass is 35.5. The standard InChI is InChI=1S/C15H16Cl3N3O2/c1-2-3-10-8-20-15(14(19)22)21(10)4-5-23-13-11(17)6-9(16)7-12(13)18/h6-8H,2-5H2,1H3,(H2,19,22). The number of amides is 1. The molecule has 0 bridgehead atoms. The Morgan fingerprint density at radius 1 is 1.30 bits per heavy atom. The van der Waals surface area contributed by atoms with Crippen LogP contribution in [0.3, 0.4) is 0 Å². The van der Waals surface area contributed by atoms with Crippen molar-refractivity contribution in [3.8, 4) is 5.75 Å². The van der Waals surface area contributed by atoms with Gasteiger partial charge in [-0.25, -0.2) is 4.98 Å². The molecule has 1 aromatic carbocycles. The van der Waals surface area contributed by atoms with Crippen LogP contribution in [0.15, 0.2) is 18.3 Å². The second-order valence-electron chi connectivity index (χ2n) is 4.89. The number of aryl methyl sites for hydroxylation is 1. The van der Waals surface area contributed by atoms with Gasteiger partial charge in [-0.15, -0.1) is 0 Å². The highest BCUT2D eigenvalue weighted by Gasteiger charge is 2.15. The van der Waals surface area contributed by atoms with Crippen LogP contribution in [-0.4, -0.2) is 22.1 Å². The number of halogens is 3. The van der Waals surface area contributed by atoms with Gasteiger partial charge in [0.1, 0.15) is 6.61 Å². The smallest absolute Gasteiger partial charge is 0.284 e. The van der Waals surface area contributed by atoms with Crippen LogP contribution in [-0.2, 0) is 13.0 Å². The molecule has 0 aliphatic heterocycles. The van der Waals surface area contributed by atoms with Gasteiger partial charge in [-0.1, -0.05) is 48.1 Å². The first-order chi connectivity index (χ1) is 10.9. The van der Waals surface area contributed by atoms with E-state index in [2.05, 4.69) is 4.98 Å². The largest absolute Gasteiger partial charge is 0.489 e. The Bertz CT molecular complexity index is 693. The van der Waals surface area contributed by atoms with Crippen molar-refractivity contribution < 1.29 is 9.53 Å². The van der Waals surface area contributed by atoms with Gasteiger partial charge in [0.05, 0.1) is 16.6 Å². The molecule has 0 unspecified atom stereocenters. The summed E-state index contributed by atoms with van der Waals surface area (Å²) in [5.41, 5.74) is 6.28. The van der Waals surface area contributed by atoms with Gasteiger partial charge in [0, 0.05) is 16.9 Å². The number of imidazole rings is 1. The minimum Gasteiger partial charge on any atom is -0.489 e. The summed E-state index contributed by atoms with van der Waals surface area (Å²) in [6.45, 7) is 2.71. The third-order valence-electron chi connectivity index (χ3n) is 3.19. The zero-order valence-electron chi connectivity index (χ0n) is 12.5. The highest BCUT2D eigenvalue weighted by molar-refractivity contribution is 6.40. The first kappa shape index (κ1) is 17.9. The molecule has 23 heavy (non-hydrogen) atoms. The minimum absolute atomic E-state index is 0.213. The van der Waals surface area contributed by atoms with E-state index in [9.17, 15) is 4.79 Å². The zero-order chi connectivity index (χ0) is 17.0. The van der Waals surface area contributed by atoms with Crippen LogP contribution >= 0.6 is 34.8 Å².